The molecule has 4 N–H and O–H groups in total. The van der Waals surface area contributed by atoms with E-state index in [1.807, 2.05) is 30.3 Å². The predicted molar refractivity (Wildman–Crippen MR) is 122 cm³/mol. The number of carboxylic acids is 1. The van der Waals surface area contributed by atoms with Crippen LogP contribution >= 0.6 is 11.9 Å². The van der Waals surface area contributed by atoms with Crippen LogP contribution in [-0.4, -0.2) is 47.0 Å². The van der Waals surface area contributed by atoms with Crippen molar-refractivity contribution in [3.8, 4) is 5.75 Å². The minimum Gasteiger partial charge on any atom is -0.478 e. The maximum atomic E-state index is 11.4. The molecule has 0 radical (unpaired) electrons. The first-order valence-electron chi connectivity index (χ1n) is 9.92. The van der Waals surface area contributed by atoms with Crippen LogP contribution in [0.15, 0.2) is 53.4 Å². The van der Waals surface area contributed by atoms with E-state index in [9.17, 15) is 9.90 Å². The van der Waals surface area contributed by atoms with Gasteiger partial charge in [0.1, 0.15) is 11.5 Å². The third-order valence-electron chi connectivity index (χ3n) is 4.08. The number of carbonyl (C=O) groups is 1. The van der Waals surface area contributed by atoms with Crippen LogP contribution in [0.2, 0.25) is 0 Å². The molecule has 0 atom stereocenters. The molecule has 1 rings (SSSR count). The van der Waals surface area contributed by atoms with Crippen LogP contribution in [0, 0.1) is 0 Å². The molecule has 0 aromatic heterocycles. The molecule has 0 heterocycles. The largest absolute Gasteiger partial charge is 0.478 e. The van der Waals surface area contributed by atoms with Crippen molar-refractivity contribution >= 4 is 17.9 Å². The fourth-order valence-electron chi connectivity index (χ4n) is 2.53. The van der Waals surface area contributed by atoms with Gasteiger partial charge < -0.3 is 19.8 Å². The molecule has 7 heteroatoms. The summed E-state index contributed by atoms with van der Waals surface area (Å²) in [4.78, 5) is 13.7. The minimum absolute atomic E-state index is 0.277. The first-order valence-corrected chi connectivity index (χ1v) is 11.0. The molecular formula is C22H36N2O4S. The van der Waals surface area contributed by atoms with E-state index in [0.717, 1.165) is 51.6 Å². The fourth-order valence-corrected chi connectivity index (χ4v) is 2.89. The van der Waals surface area contributed by atoms with Gasteiger partial charge in [0.2, 0.25) is 0 Å². The third-order valence-corrected chi connectivity index (χ3v) is 4.51. The molecule has 29 heavy (non-hydrogen) atoms. The Kier molecular flexibility index (Phi) is 15.8. The van der Waals surface area contributed by atoms with Crippen LogP contribution in [0.5, 0.6) is 5.75 Å². The highest BCUT2D eigenvalue weighted by atomic mass is 32.2. The molecule has 0 aliphatic rings. The van der Waals surface area contributed by atoms with Crippen molar-refractivity contribution in [3.05, 3.63) is 53.4 Å². The molecule has 0 unspecified atom stereocenters. The monoisotopic (exact) mass is 424 g/mol. The van der Waals surface area contributed by atoms with Gasteiger partial charge in [0.05, 0.1) is 11.4 Å². The molecular weight excluding hydrogens is 388 g/mol. The number of benzene rings is 1. The Bertz CT molecular complexity index is 625. The number of para-hydroxylation sites is 1. The fraction of sp³-hybridized carbons (Fsp3) is 0.500. The molecule has 0 spiro atoms. The van der Waals surface area contributed by atoms with Crippen molar-refractivity contribution in [1.82, 2.24) is 4.90 Å². The Hall–Kier alpha value is -1.96. The van der Waals surface area contributed by atoms with E-state index in [1.165, 1.54) is 11.9 Å². The lowest BCUT2D eigenvalue weighted by Gasteiger charge is -2.28. The van der Waals surface area contributed by atoms with Gasteiger partial charge in [-0.1, -0.05) is 56.8 Å². The predicted octanol–water partition coefficient (Wildman–Crippen LogP) is 4.43. The molecule has 164 valence electrons. The molecule has 6 nitrogen and oxygen atoms in total. The number of hydrogen-bond donors (Lipinski definition) is 3. The van der Waals surface area contributed by atoms with Crippen molar-refractivity contribution < 1.29 is 19.7 Å². The Morgan fingerprint density at radius 2 is 1.69 bits per heavy atom. The van der Waals surface area contributed by atoms with E-state index in [2.05, 4.69) is 18.7 Å². The van der Waals surface area contributed by atoms with Crippen molar-refractivity contribution in [1.29, 1.82) is 0 Å². The second kappa shape index (κ2) is 16.9. The Balaban J connectivity index is 0.00000379. The van der Waals surface area contributed by atoms with E-state index >= 15 is 0 Å². The Morgan fingerprint density at radius 1 is 1.14 bits per heavy atom. The maximum Gasteiger partial charge on any atom is 0.331 e. The van der Waals surface area contributed by atoms with Crippen molar-refractivity contribution in [2.75, 3.05) is 26.0 Å². The number of ether oxygens (including phenoxy) is 1. The number of allylic oxidation sites excluding steroid dienone is 1. The lowest BCUT2D eigenvalue weighted by molar-refractivity contribution is -0.132. The molecule has 1 aromatic carbocycles. The first-order chi connectivity index (χ1) is 14.0. The molecule has 0 amide bonds. The topological polar surface area (TPSA) is 96.0 Å². The molecule has 0 aliphatic heterocycles. The van der Waals surface area contributed by atoms with Crippen LogP contribution in [0.25, 0.3) is 0 Å². The number of carboxylic acid groups (broad SMARTS) is 1. The lowest BCUT2D eigenvalue weighted by Crippen LogP contribution is -2.28. The van der Waals surface area contributed by atoms with E-state index in [-0.39, 0.29) is 5.57 Å². The van der Waals surface area contributed by atoms with Gasteiger partial charge in [0.15, 0.2) is 0 Å². The Morgan fingerprint density at radius 3 is 2.14 bits per heavy atom. The summed E-state index contributed by atoms with van der Waals surface area (Å²) in [6, 6.07) is 9.51. The summed E-state index contributed by atoms with van der Waals surface area (Å²) in [6.45, 7) is 7.61. The summed E-state index contributed by atoms with van der Waals surface area (Å²) in [5, 5.41) is 22.1. The summed E-state index contributed by atoms with van der Waals surface area (Å²) in [6.07, 6.45) is 5.90. The molecule has 0 aliphatic carbocycles. The summed E-state index contributed by atoms with van der Waals surface area (Å²) >= 11 is 1.17. The molecule has 0 saturated heterocycles. The average Bonchev–Trinajstić information content (AvgIpc) is 2.74. The van der Waals surface area contributed by atoms with Gasteiger partial charge in [-0.2, -0.15) is 0 Å². The van der Waals surface area contributed by atoms with Gasteiger partial charge in [-0.05, 0) is 38.0 Å². The first kappa shape index (κ1) is 27.0. The second-order valence-corrected chi connectivity index (χ2v) is 6.98. The molecule has 1 aromatic rings. The van der Waals surface area contributed by atoms with Crippen LogP contribution in [-0.2, 0) is 4.79 Å². The van der Waals surface area contributed by atoms with E-state index in [1.54, 1.807) is 13.0 Å². The lowest BCUT2D eigenvalue weighted by atomic mass is 10.1. The maximum absolute atomic E-state index is 11.4. The number of aliphatic carboxylic acids is 1. The van der Waals surface area contributed by atoms with Crippen LogP contribution < -0.4 is 9.88 Å². The zero-order chi connectivity index (χ0) is 22.1. The van der Waals surface area contributed by atoms with Gasteiger partial charge in [0.25, 0.3) is 0 Å². The zero-order valence-corrected chi connectivity index (χ0v) is 18.9. The quantitative estimate of drug-likeness (QED) is 0.187. The third kappa shape index (κ3) is 11.0. The normalized spacial score (nSPS) is 11.9. The van der Waals surface area contributed by atoms with E-state index in [4.69, 9.17) is 15.0 Å². The average molecular weight is 425 g/mol. The smallest absolute Gasteiger partial charge is 0.331 e. The number of rotatable bonds is 13. The summed E-state index contributed by atoms with van der Waals surface area (Å²) in [5.41, 5.74) is 1.08. The number of hydrogen-bond acceptors (Lipinski definition) is 6. The van der Waals surface area contributed by atoms with Gasteiger partial charge in [-0.3, -0.25) is 5.14 Å². The molecule has 0 saturated carbocycles. The van der Waals surface area contributed by atoms with Gasteiger partial charge in [-0.15, -0.1) is 0 Å². The van der Waals surface area contributed by atoms with Crippen molar-refractivity contribution in [2.45, 2.75) is 46.5 Å². The highest BCUT2D eigenvalue weighted by Gasteiger charge is 2.17. The Labute approximate surface area is 179 Å². The van der Waals surface area contributed by atoms with Gasteiger partial charge in [-0.25, -0.2) is 4.79 Å². The van der Waals surface area contributed by atoms with Crippen molar-refractivity contribution in [3.63, 3.8) is 0 Å². The van der Waals surface area contributed by atoms with Crippen LogP contribution in [0.1, 0.15) is 46.5 Å². The van der Waals surface area contributed by atoms with Crippen LogP contribution in [0.4, 0.5) is 0 Å². The number of unbranched alkanes of at least 4 members (excludes halogenated alkanes) is 2. The highest BCUT2D eigenvalue weighted by Crippen LogP contribution is 2.23. The number of nitrogens with two attached hydrogens (primary N) is 1. The van der Waals surface area contributed by atoms with E-state index in [0.29, 0.717) is 17.3 Å². The summed E-state index contributed by atoms with van der Waals surface area (Å²) in [7, 11) is 1.00. The van der Waals surface area contributed by atoms with E-state index < -0.39 is 5.97 Å². The van der Waals surface area contributed by atoms with Gasteiger partial charge >= 0.3 is 5.97 Å². The highest BCUT2D eigenvalue weighted by molar-refractivity contribution is 7.97. The minimum atomic E-state index is -0.933. The number of aliphatic hydroxyl groups excluding tert-OH is 1. The summed E-state index contributed by atoms with van der Waals surface area (Å²) < 4.78 is 6.14. The SMILES string of the molecule is CCCCN(CCCC)C(/C=C(\C)C(=O)O)=C(/CSN)Oc1ccccc1.CO. The van der Waals surface area contributed by atoms with Crippen LogP contribution in [0.3, 0.4) is 0 Å². The molecule has 0 bridgehead atoms. The second-order valence-electron chi connectivity index (χ2n) is 6.36. The zero-order valence-electron chi connectivity index (χ0n) is 18.1. The summed E-state index contributed by atoms with van der Waals surface area (Å²) in [5.74, 6) is 0.924. The number of nitrogens with zero attached hydrogens (tertiary/aromatic N) is 1. The number of aliphatic hydroxyl groups is 1. The molecule has 0 fully saturated rings. The van der Waals surface area contributed by atoms with Crippen molar-refractivity contribution in [2.24, 2.45) is 5.14 Å². The van der Waals surface area contributed by atoms with Gasteiger partial charge in [0, 0.05) is 25.8 Å². The standard InChI is InChI=1S/C21H32N2O3S.CH4O/c1-4-6-13-23(14-7-5-2)19(15-17(3)21(24)25)20(16-27-22)26-18-11-9-8-10-12-18;1-2/h8-12,15H,4-7,13-14,16,22H2,1-3H3,(H,24,25);2H,1H3/b17-15+,20-19-;.